The van der Waals surface area contributed by atoms with E-state index in [2.05, 4.69) is 30.6 Å². The number of nitrogens with zero attached hydrogens (tertiary/aromatic N) is 2. The standard InChI is InChI=1S/C17H34N2/c1-4-8-17(3)9-13-19(14-10-17)15-16-6-11-18(5-2)12-7-16/h16H,4-15H2,1-3H3. The first-order valence-corrected chi connectivity index (χ1v) is 8.60. The Morgan fingerprint density at radius 2 is 1.58 bits per heavy atom. The highest BCUT2D eigenvalue weighted by Gasteiger charge is 2.30. The van der Waals surface area contributed by atoms with Crippen molar-refractivity contribution in [2.45, 2.75) is 59.3 Å². The fourth-order valence-electron chi connectivity index (χ4n) is 3.98. The van der Waals surface area contributed by atoms with E-state index in [4.69, 9.17) is 0 Å². The van der Waals surface area contributed by atoms with Crippen LogP contribution in [0, 0.1) is 11.3 Å². The first kappa shape index (κ1) is 15.3. The molecule has 0 aliphatic carbocycles. The molecule has 2 heterocycles. The van der Waals surface area contributed by atoms with Crippen LogP contribution in [0.2, 0.25) is 0 Å². The van der Waals surface area contributed by atoms with E-state index in [-0.39, 0.29) is 0 Å². The van der Waals surface area contributed by atoms with Gasteiger partial charge < -0.3 is 9.80 Å². The van der Waals surface area contributed by atoms with Crippen molar-refractivity contribution in [1.29, 1.82) is 0 Å². The quantitative estimate of drug-likeness (QED) is 0.750. The van der Waals surface area contributed by atoms with E-state index in [1.165, 1.54) is 77.8 Å². The molecule has 19 heavy (non-hydrogen) atoms. The van der Waals surface area contributed by atoms with Gasteiger partial charge in [0.25, 0.3) is 0 Å². The van der Waals surface area contributed by atoms with Crippen molar-refractivity contribution in [2.24, 2.45) is 11.3 Å². The maximum Gasteiger partial charge on any atom is 0.00106 e. The summed E-state index contributed by atoms with van der Waals surface area (Å²) in [6.45, 7) is 15.1. The van der Waals surface area contributed by atoms with Gasteiger partial charge in [-0.2, -0.15) is 0 Å². The SMILES string of the molecule is CCCC1(C)CCN(CC2CCN(CC)CC2)CC1. The first-order valence-electron chi connectivity index (χ1n) is 8.60. The Bertz CT molecular complexity index is 248. The Morgan fingerprint density at radius 1 is 0.947 bits per heavy atom. The van der Waals surface area contributed by atoms with Gasteiger partial charge in [-0.25, -0.2) is 0 Å². The molecular weight excluding hydrogens is 232 g/mol. The molecule has 0 bridgehead atoms. The average Bonchev–Trinajstić information content (AvgIpc) is 2.43. The molecule has 112 valence electrons. The van der Waals surface area contributed by atoms with Crippen LogP contribution in [0.1, 0.15) is 59.3 Å². The number of hydrogen-bond acceptors (Lipinski definition) is 2. The summed E-state index contributed by atoms with van der Waals surface area (Å²) >= 11 is 0. The highest BCUT2D eigenvalue weighted by atomic mass is 15.1. The van der Waals surface area contributed by atoms with Crippen LogP contribution in [0.4, 0.5) is 0 Å². The molecule has 0 amide bonds. The lowest BCUT2D eigenvalue weighted by molar-refractivity contribution is 0.0810. The zero-order chi connectivity index (χ0) is 13.7. The van der Waals surface area contributed by atoms with E-state index in [0.717, 1.165) is 5.92 Å². The fourth-order valence-corrected chi connectivity index (χ4v) is 3.98. The van der Waals surface area contributed by atoms with Gasteiger partial charge in [0.15, 0.2) is 0 Å². The normalized spacial score (nSPS) is 26.7. The van der Waals surface area contributed by atoms with Gasteiger partial charge in [-0.15, -0.1) is 0 Å². The number of piperidine rings is 2. The molecule has 0 spiro atoms. The lowest BCUT2D eigenvalue weighted by Gasteiger charge is -2.41. The third-order valence-electron chi connectivity index (χ3n) is 5.59. The molecule has 2 fully saturated rings. The van der Waals surface area contributed by atoms with E-state index < -0.39 is 0 Å². The van der Waals surface area contributed by atoms with Gasteiger partial charge in [0.05, 0.1) is 0 Å². The van der Waals surface area contributed by atoms with Crippen LogP contribution < -0.4 is 0 Å². The summed E-state index contributed by atoms with van der Waals surface area (Å²) in [5, 5.41) is 0. The van der Waals surface area contributed by atoms with Crippen LogP contribution in [0.25, 0.3) is 0 Å². The number of rotatable bonds is 5. The summed E-state index contributed by atoms with van der Waals surface area (Å²) in [5.41, 5.74) is 0.650. The van der Waals surface area contributed by atoms with Crippen LogP contribution >= 0.6 is 0 Å². The maximum atomic E-state index is 2.75. The molecule has 0 saturated carbocycles. The molecule has 2 saturated heterocycles. The van der Waals surface area contributed by atoms with Crippen LogP contribution in [-0.4, -0.2) is 49.1 Å². The zero-order valence-electron chi connectivity index (χ0n) is 13.5. The predicted molar refractivity (Wildman–Crippen MR) is 83.5 cm³/mol. The monoisotopic (exact) mass is 266 g/mol. The largest absolute Gasteiger partial charge is 0.304 e. The average molecular weight is 266 g/mol. The van der Waals surface area contributed by atoms with Crippen molar-refractivity contribution in [2.75, 3.05) is 39.3 Å². The van der Waals surface area contributed by atoms with Crippen molar-refractivity contribution in [3.63, 3.8) is 0 Å². The summed E-state index contributed by atoms with van der Waals surface area (Å²) in [6, 6.07) is 0. The second kappa shape index (κ2) is 7.08. The zero-order valence-corrected chi connectivity index (χ0v) is 13.5. The van der Waals surface area contributed by atoms with Gasteiger partial charge in [0.2, 0.25) is 0 Å². The maximum absolute atomic E-state index is 2.75. The summed E-state index contributed by atoms with van der Waals surface area (Å²) in [4.78, 5) is 5.36. The lowest BCUT2D eigenvalue weighted by atomic mass is 9.76. The topological polar surface area (TPSA) is 6.48 Å². The van der Waals surface area contributed by atoms with E-state index in [0.29, 0.717) is 5.41 Å². The molecule has 0 aromatic carbocycles. The molecule has 0 unspecified atom stereocenters. The van der Waals surface area contributed by atoms with Crippen molar-refractivity contribution < 1.29 is 0 Å². The first-order chi connectivity index (χ1) is 9.15. The van der Waals surface area contributed by atoms with Crippen molar-refractivity contribution >= 4 is 0 Å². The predicted octanol–water partition coefficient (Wildman–Crippen LogP) is 3.62. The second-order valence-corrected chi connectivity index (χ2v) is 7.24. The van der Waals surface area contributed by atoms with Crippen molar-refractivity contribution in [3.05, 3.63) is 0 Å². The summed E-state index contributed by atoms with van der Waals surface area (Å²) in [6.07, 6.45) is 8.48. The van der Waals surface area contributed by atoms with Crippen LogP contribution in [0.5, 0.6) is 0 Å². The smallest absolute Gasteiger partial charge is 0.00106 e. The molecule has 2 aliphatic heterocycles. The minimum atomic E-state index is 0.650. The third kappa shape index (κ3) is 4.46. The van der Waals surface area contributed by atoms with E-state index in [9.17, 15) is 0 Å². The van der Waals surface area contributed by atoms with E-state index in [1.54, 1.807) is 0 Å². The Balaban J connectivity index is 1.68. The Morgan fingerprint density at radius 3 is 2.11 bits per heavy atom. The Labute approximate surface area is 120 Å². The van der Waals surface area contributed by atoms with E-state index >= 15 is 0 Å². The van der Waals surface area contributed by atoms with Gasteiger partial charge in [-0.05, 0) is 76.2 Å². The molecule has 2 heteroatoms. The number of likely N-dealkylation sites (tertiary alicyclic amines) is 2. The lowest BCUT2D eigenvalue weighted by Crippen LogP contribution is -2.43. The molecule has 2 aliphatic rings. The summed E-state index contributed by atoms with van der Waals surface area (Å²) < 4.78 is 0. The van der Waals surface area contributed by atoms with Crippen LogP contribution in [0.15, 0.2) is 0 Å². The molecule has 2 nitrogen and oxygen atoms in total. The van der Waals surface area contributed by atoms with Gasteiger partial charge in [-0.1, -0.05) is 27.2 Å². The minimum absolute atomic E-state index is 0.650. The van der Waals surface area contributed by atoms with Crippen molar-refractivity contribution in [1.82, 2.24) is 9.80 Å². The van der Waals surface area contributed by atoms with Crippen molar-refractivity contribution in [3.8, 4) is 0 Å². The van der Waals surface area contributed by atoms with Gasteiger partial charge in [-0.3, -0.25) is 0 Å². The summed E-state index contributed by atoms with van der Waals surface area (Å²) in [7, 11) is 0. The van der Waals surface area contributed by atoms with Gasteiger partial charge in [0.1, 0.15) is 0 Å². The molecule has 0 radical (unpaired) electrons. The van der Waals surface area contributed by atoms with E-state index in [1.807, 2.05) is 0 Å². The summed E-state index contributed by atoms with van der Waals surface area (Å²) in [5.74, 6) is 0.971. The Hall–Kier alpha value is -0.0800. The third-order valence-corrected chi connectivity index (χ3v) is 5.59. The molecule has 2 rings (SSSR count). The molecule has 0 aromatic heterocycles. The molecule has 0 N–H and O–H groups in total. The highest BCUT2D eigenvalue weighted by Crippen LogP contribution is 2.35. The number of hydrogen-bond donors (Lipinski definition) is 0. The second-order valence-electron chi connectivity index (χ2n) is 7.24. The van der Waals surface area contributed by atoms with Crippen LogP contribution in [0.3, 0.4) is 0 Å². The van der Waals surface area contributed by atoms with Crippen LogP contribution in [-0.2, 0) is 0 Å². The Kier molecular flexibility index (Phi) is 5.70. The molecule has 0 aromatic rings. The molecular formula is C17H34N2. The molecule has 0 atom stereocenters. The highest BCUT2D eigenvalue weighted by molar-refractivity contribution is 4.84. The van der Waals surface area contributed by atoms with Gasteiger partial charge in [0, 0.05) is 6.54 Å². The fraction of sp³-hybridized carbons (Fsp3) is 1.00. The van der Waals surface area contributed by atoms with Gasteiger partial charge >= 0.3 is 0 Å². The minimum Gasteiger partial charge on any atom is -0.304 e.